The summed E-state index contributed by atoms with van der Waals surface area (Å²) in [5.74, 6) is 1.14. The van der Waals surface area contributed by atoms with Crippen molar-refractivity contribution in [3.8, 4) is 0 Å². The SMILES string of the molecule is CN=C(NCc1nnc(C(C)C)s1)NCc1ncccc1C.I. The van der Waals surface area contributed by atoms with Crippen LogP contribution in [0.4, 0.5) is 0 Å². The molecule has 0 fully saturated rings. The highest BCUT2D eigenvalue weighted by Crippen LogP contribution is 2.18. The van der Waals surface area contributed by atoms with Crippen LogP contribution in [-0.4, -0.2) is 28.2 Å². The Morgan fingerprint density at radius 2 is 2.00 bits per heavy atom. The van der Waals surface area contributed by atoms with Gasteiger partial charge in [0.05, 0.1) is 18.8 Å². The van der Waals surface area contributed by atoms with E-state index in [2.05, 4.69) is 57.6 Å². The lowest BCUT2D eigenvalue weighted by atomic mass is 10.2. The third-order valence-corrected chi connectivity index (χ3v) is 4.37. The summed E-state index contributed by atoms with van der Waals surface area (Å²) in [5, 5.41) is 16.9. The van der Waals surface area contributed by atoms with Crippen molar-refractivity contribution in [1.29, 1.82) is 0 Å². The molecule has 0 unspecified atom stereocenters. The molecule has 0 amide bonds. The first-order chi connectivity index (χ1) is 10.6. The molecule has 0 spiro atoms. The first kappa shape index (κ1) is 19.8. The predicted molar refractivity (Wildman–Crippen MR) is 105 cm³/mol. The van der Waals surface area contributed by atoms with Gasteiger partial charge in [0, 0.05) is 19.2 Å². The van der Waals surface area contributed by atoms with Crippen molar-refractivity contribution in [2.75, 3.05) is 7.05 Å². The molecule has 2 aromatic rings. The fourth-order valence-corrected chi connectivity index (χ4v) is 2.61. The molecular weight excluding hydrogens is 423 g/mol. The van der Waals surface area contributed by atoms with E-state index < -0.39 is 0 Å². The Morgan fingerprint density at radius 3 is 2.61 bits per heavy atom. The summed E-state index contributed by atoms with van der Waals surface area (Å²) in [6.07, 6.45) is 1.80. The number of aromatic nitrogens is 3. The van der Waals surface area contributed by atoms with Gasteiger partial charge in [-0.2, -0.15) is 0 Å². The molecule has 2 heterocycles. The number of halogens is 1. The highest BCUT2D eigenvalue weighted by Gasteiger charge is 2.08. The molecule has 0 aliphatic heterocycles. The quantitative estimate of drug-likeness (QED) is 0.420. The van der Waals surface area contributed by atoms with E-state index >= 15 is 0 Å². The van der Waals surface area contributed by atoms with Gasteiger partial charge < -0.3 is 10.6 Å². The van der Waals surface area contributed by atoms with Gasteiger partial charge in [-0.25, -0.2) is 0 Å². The smallest absolute Gasteiger partial charge is 0.191 e. The van der Waals surface area contributed by atoms with Gasteiger partial charge in [0.1, 0.15) is 10.0 Å². The Balaban J connectivity index is 0.00000264. The molecule has 2 rings (SSSR count). The fraction of sp³-hybridized carbons (Fsp3) is 0.467. The number of hydrogen-bond donors (Lipinski definition) is 2. The van der Waals surface area contributed by atoms with E-state index in [9.17, 15) is 0 Å². The number of hydrogen-bond acceptors (Lipinski definition) is 5. The normalized spacial score (nSPS) is 11.3. The summed E-state index contributed by atoms with van der Waals surface area (Å²) in [6, 6.07) is 3.99. The molecule has 0 aliphatic carbocycles. The van der Waals surface area contributed by atoms with Crippen LogP contribution in [0.2, 0.25) is 0 Å². The van der Waals surface area contributed by atoms with Crippen LogP contribution in [0.25, 0.3) is 0 Å². The summed E-state index contributed by atoms with van der Waals surface area (Å²) >= 11 is 1.63. The van der Waals surface area contributed by atoms with Crippen LogP contribution >= 0.6 is 35.3 Å². The van der Waals surface area contributed by atoms with Gasteiger partial charge in [0.25, 0.3) is 0 Å². The number of guanidine groups is 1. The molecule has 23 heavy (non-hydrogen) atoms. The number of aryl methyl sites for hydroxylation is 1. The highest BCUT2D eigenvalue weighted by molar-refractivity contribution is 14.0. The standard InChI is InChI=1S/C15H22N6S.HI/c1-10(2)14-21-20-13(22-14)9-19-15(16-4)18-8-12-11(3)6-5-7-17-12;/h5-7,10H,8-9H2,1-4H3,(H2,16,18,19);1H. The zero-order valence-electron chi connectivity index (χ0n) is 13.8. The largest absolute Gasteiger partial charge is 0.351 e. The van der Waals surface area contributed by atoms with Crippen molar-refractivity contribution in [3.63, 3.8) is 0 Å². The Bertz CT molecular complexity index is 640. The van der Waals surface area contributed by atoms with Gasteiger partial charge in [-0.3, -0.25) is 9.98 Å². The highest BCUT2D eigenvalue weighted by atomic mass is 127. The Morgan fingerprint density at radius 1 is 1.26 bits per heavy atom. The Hall–Kier alpha value is -1.29. The van der Waals surface area contributed by atoms with E-state index in [0.29, 0.717) is 19.0 Å². The molecule has 0 saturated carbocycles. The van der Waals surface area contributed by atoms with E-state index in [0.717, 1.165) is 27.2 Å². The van der Waals surface area contributed by atoms with E-state index in [-0.39, 0.29) is 24.0 Å². The first-order valence-electron chi connectivity index (χ1n) is 7.27. The minimum absolute atomic E-state index is 0. The second-order valence-corrected chi connectivity index (χ2v) is 6.33. The van der Waals surface area contributed by atoms with E-state index in [4.69, 9.17) is 0 Å². The topological polar surface area (TPSA) is 75.1 Å². The van der Waals surface area contributed by atoms with Crippen LogP contribution < -0.4 is 10.6 Å². The van der Waals surface area contributed by atoms with E-state index in [1.807, 2.05) is 6.07 Å². The van der Waals surface area contributed by atoms with Crippen molar-refractivity contribution in [2.45, 2.75) is 39.8 Å². The molecule has 126 valence electrons. The van der Waals surface area contributed by atoms with Crippen molar-refractivity contribution < 1.29 is 0 Å². The van der Waals surface area contributed by atoms with Crippen LogP contribution in [0.5, 0.6) is 0 Å². The maximum absolute atomic E-state index is 4.36. The molecule has 2 N–H and O–H groups in total. The molecular formula is C15H23IN6S. The lowest BCUT2D eigenvalue weighted by molar-refractivity contribution is 0.774. The second-order valence-electron chi connectivity index (χ2n) is 5.24. The third-order valence-electron chi connectivity index (χ3n) is 3.15. The molecule has 0 radical (unpaired) electrons. The first-order valence-corrected chi connectivity index (χ1v) is 8.09. The molecule has 0 aliphatic rings. The Labute approximate surface area is 158 Å². The summed E-state index contributed by atoms with van der Waals surface area (Å²) in [6.45, 7) is 7.54. The zero-order chi connectivity index (χ0) is 15.9. The minimum atomic E-state index is 0. The minimum Gasteiger partial charge on any atom is -0.351 e. The molecule has 8 heteroatoms. The molecule has 2 aromatic heterocycles. The lowest BCUT2D eigenvalue weighted by Gasteiger charge is -2.11. The van der Waals surface area contributed by atoms with Gasteiger partial charge in [-0.05, 0) is 18.6 Å². The van der Waals surface area contributed by atoms with Gasteiger partial charge in [0.15, 0.2) is 5.96 Å². The van der Waals surface area contributed by atoms with Crippen molar-refractivity contribution >= 4 is 41.3 Å². The van der Waals surface area contributed by atoms with Gasteiger partial charge >= 0.3 is 0 Å². The van der Waals surface area contributed by atoms with Gasteiger partial charge in [-0.1, -0.05) is 31.3 Å². The summed E-state index contributed by atoms with van der Waals surface area (Å²) < 4.78 is 0. The number of nitrogens with one attached hydrogen (secondary N) is 2. The summed E-state index contributed by atoms with van der Waals surface area (Å²) in [5.41, 5.74) is 2.18. The van der Waals surface area contributed by atoms with Crippen LogP contribution in [-0.2, 0) is 13.1 Å². The van der Waals surface area contributed by atoms with Crippen LogP contribution in [0.15, 0.2) is 23.3 Å². The average Bonchev–Trinajstić information content (AvgIpc) is 2.98. The second kappa shape index (κ2) is 9.76. The van der Waals surface area contributed by atoms with Crippen LogP contribution in [0.1, 0.15) is 41.0 Å². The average molecular weight is 446 g/mol. The molecule has 0 aromatic carbocycles. The van der Waals surface area contributed by atoms with Crippen molar-refractivity contribution in [2.24, 2.45) is 4.99 Å². The lowest BCUT2D eigenvalue weighted by Crippen LogP contribution is -2.36. The van der Waals surface area contributed by atoms with Crippen LogP contribution in [0, 0.1) is 6.92 Å². The molecule has 0 atom stereocenters. The van der Waals surface area contributed by atoms with E-state index in [1.165, 1.54) is 0 Å². The van der Waals surface area contributed by atoms with Gasteiger partial charge in [-0.15, -0.1) is 34.2 Å². The summed E-state index contributed by atoms with van der Waals surface area (Å²) in [4.78, 5) is 8.57. The fourth-order valence-electron chi connectivity index (χ4n) is 1.82. The van der Waals surface area contributed by atoms with Crippen LogP contribution in [0.3, 0.4) is 0 Å². The van der Waals surface area contributed by atoms with Crippen molar-refractivity contribution in [3.05, 3.63) is 39.6 Å². The van der Waals surface area contributed by atoms with E-state index in [1.54, 1.807) is 24.6 Å². The predicted octanol–water partition coefficient (Wildman–Crippen LogP) is 2.85. The summed E-state index contributed by atoms with van der Waals surface area (Å²) in [7, 11) is 1.75. The number of aliphatic imine (C=N–C) groups is 1. The Kier molecular flexibility index (Phi) is 8.38. The maximum Gasteiger partial charge on any atom is 0.191 e. The molecule has 0 saturated heterocycles. The number of pyridine rings is 1. The number of nitrogens with zero attached hydrogens (tertiary/aromatic N) is 4. The number of rotatable bonds is 5. The third kappa shape index (κ3) is 6.02. The monoisotopic (exact) mass is 446 g/mol. The zero-order valence-corrected chi connectivity index (χ0v) is 17.0. The molecule has 0 bridgehead atoms. The van der Waals surface area contributed by atoms with Gasteiger partial charge in [0.2, 0.25) is 0 Å². The van der Waals surface area contributed by atoms with Crippen molar-refractivity contribution in [1.82, 2.24) is 25.8 Å². The molecule has 6 nitrogen and oxygen atoms in total. The maximum atomic E-state index is 4.36.